The van der Waals surface area contributed by atoms with E-state index in [4.69, 9.17) is 11.6 Å². The molecule has 1 N–H and O–H groups in total. The zero-order valence-corrected chi connectivity index (χ0v) is 14.3. The number of halogens is 1. The number of nitrogens with zero attached hydrogens (tertiary/aromatic N) is 1. The molecule has 0 saturated carbocycles. The minimum atomic E-state index is 0.841. The van der Waals surface area contributed by atoms with Gasteiger partial charge < -0.3 is 10.2 Å². The SMILES string of the molecule is CCCNCc1cc(Cl)ccc1N1CCCC(CC)CC1. The van der Waals surface area contributed by atoms with E-state index in [1.54, 1.807) is 0 Å². The summed E-state index contributed by atoms with van der Waals surface area (Å²) in [4.78, 5) is 2.56. The highest BCUT2D eigenvalue weighted by Gasteiger charge is 2.18. The van der Waals surface area contributed by atoms with Gasteiger partial charge in [-0.05, 0) is 61.9 Å². The topological polar surface area (TPSA) is 15.3 Å². The number of benzene rings is 1. The highest BCUT2D eigenvalue weighted by atomic mass is 35.5. The van der Waals surface area contributed by atoms with Crippen molar-refractivity contribution in [3.8, 4) is 0 Å². The highest BCUT2D eigenvalue weighted by molar-refractivity contribution is 6.30. The summed E-state index contributed by atoms with van der Waals surface area (Å²) in [7, 11) is 0. The van der Waals surface area contributed by atoms with Gasteiger partial charge in [0.05, 0.1) is 0 Å². The van der Waals surface area contributed by atoms with Gasteiger partial charge in [-0.2, -0.15) is 0 Å². The van der Waals surface area contributed by atoms with Crippen molar-refractivity contribution in [2.75, 3.05) is 24.5 Å². The summed E-state index contributed by atoms with van der Waals surface area (Å²) in [6.45, 7) is 8.86. The normalized spacial score (nSPS) is 19.6. The van der Waals surface area contributed by atoms with Gasteiger partial charge in [0.15, 0.2) is 0 Å². The van der Waals surface area contributed by atoms with E-state index < -0.39 is 0 Å². The number of anilines is 1. The van der Waals surface area contributed by atoms with Crippen LogP contribution < -0.4 is 10.2 Å². The Morgan fingerprint density at radius 1 is 1.24 bits per heavy atom. The molecule has 1 aliphatic rings. The minimum absolute atomic E-state index is 0.841. The predicted octanol–water partition coefficient (Wildman–Crippen LogP) is 4.86. The van der Waals surface area contributed by atoms with E-state index in [9.17, 15) is 0 Å². The first-order valence-corrected chi connectivity index (χ1v) is 8.86. The van der Waals surface area contributed by atoms with Gasteiger partial charge in [0.1, 0.15) is 0 Å². The molecular weight excluding hydrogens is 280 g/mol. The molecule has 0 radical (unpaired) electrons. The van der Waals surface area contributed by atoms with E-state index >= 15 is 0 Å². The van der Waals surface area contributed by atoms with Gasteiger partial charge in [-0.1, -0.05) is 31.9 Å². The summed E-state index contributed by atoms with van der Waals surface area (Å²) >= 11 is 6.20. The third-order valence-corrected chi connectivity index (χ3v) is 4.78. The van der Waals surface area contributed by atoms with Gasteiger partial charge in [0, 0.05) is 30.3 Å². The third kappa shape index (κ3) is 4.89. The van der Waals surface area contributed by atoms with Crippen LogP contribution in [-0.4, -0.2) is 19.6 Å². The van der Waals surface area contributed by atoms with E-state index in [0.717, 1.165) is 30.5 Å². The van der Waals surface area contributed by atoms with Crippen molar-refractivity contribution in [3.05, 3.63) is 28.8 Å². The van der Waals surface area contributed by atoms with Crippen LogP contribution in [0.3, 0.4) is 0 Å². The molecular formula is C18H29ClN2. The lowest BCUT2D eigenvalue weighted by Crippen LogP contribution is -2.26. The van der Waals surface area contributed by atoms with E-state index in [1.807, 2.05) is 6.07 Å². The van der Waals surface area contributed by atoms with Crippen molar-refractivity contribution in [3.63, 3.8) is 0 Å². The molecule has 2 rings (SSSR count). The molecule has 2 nitrogen and oxygen atoms in total. The van der Waals surface area contributed by atoms with Crippen molar-refractivity contribution in [2.45, 2.75) is 52.5 Å². The lowest BCUT2D eigenvalue weighted by molar-refractivity contribution is 0.459. The molecule has 3 heteroatoms. The van der Waals surface area contributed by atoms with Crippen LogP contribution in [0.2, 0.25) is 5.02 Å². The molecule has 0 amide bonds. The van der Waals surface area contributed by atoms with Crippen LogP contribution in [-0.2, 0) is 6.54 Å². The Labute approximate surface area is 134 Å². The van der Waals surface area contributed by atoms with Crippen LogP contribution in [0, 0.1) is 5.92 Å². The average molecular weight is 309 g/mol. The number of nitrogens with one attached hydrogen (secondary N) is 1. The van der Waals surface area contributed by atoms with Crippen LogP contribution in [0.15, 0.2) is 18.2 Å². The van der Waals surface area contributed by atoms with E-state index in [-0.39, 0.29) is 0 Å². The summed E-state index contributed by atoms with van der Waals surface area (Å²) in [6.07, 6.45) is 6.49. The van der Waals surface area contributed by atoms with Crippen LogP contribution >= 0.6 is 11.6 Å². The quantitative estimate of drug-likeness (QED) is 0.755. The summed E-state index contributed by atoms with van der Waals surface area (Å²) in [5.41, 5.74) is 2.71. The van der Waals surface area contributed by atoms with Gasteiger partial charge in [0.25, 0.3) is 0 Å². The highest BCUT2D eigenvalue weighted by Crippen LogP contribution is 2.28. The first-order chi connectivity index (χ1) is 10.2. The van der Waals surface area contributed by atoms with Crippen molar-refractivity contribution in [2.24, 2.45) is 5.92 Å². The summed E-state index contributed by atoms with van der Waals surface area (Å²) < 4.78 is 0. The van der Waals surface area contributed by atoms with Gasteiger partial charge in [-0.15, -0.1) is 0 Å². The molecule has 1 heterocycles. The standard InChI is InChI=1S/C18H29ClN2/c1-3-10-20-14-16-13-17(19)7-8-18(16)21-11-5-6-15(4-2)9-12-21/h7-8,13,15,20H,3-6,9-12,14H2,1-2H3. The second kappa shape index (κ2) is 8.65. The Bertz CT molecular complexity index is 433. The van der Waals surface area contributed by atoms with Crippen LogP contribution in [0.4, 0.5) is 5.69 Å². The lowest BCUT2D eigenvalue weighted by atomic mass is 9.98. The molecule has 1 aromatic rings. The van der Waals surface area contributed by atoms with Crippen LogP contribution in [0.5, 0.6) is 0 Å². The maximum atomic E-state index is 6.20. The number of hydrogen-bond acceptors (Lipinski definition) is 2. The fourth-order valence-electron chi connectivity index (χ4n) is 3.22. The van der Waals surface area contributed by atoms with Gasteiger partial charge in [0.2, 0.25) is 0 Å². The minimum Gasteiger partial charge on any atom is -0.371 e. The Morgan fingerprint density at radius 3 is 2.86 bits per heavy atom. The molecule has 1 fully saturated rings. The summed E-state index contributed by atoms with van der Waals surface area (Å²) in [5, 5.41) is 4.35. The Hall–Kier alpha value is -0.730. The molecule has 1 atom stereocenters. The molecule has 0 aromatic heterocycles. The van der Waals surface area contributed by atoms with E-state index in [0.29, 0.717) is 0 Å². The van der Waals surface area contributed by atoms with E-state index in [1.165, 1.54) is 50.0 Å². The number of hydrogen-bond donors (Lipinski definition) is 1. The largest absolute Gasteiger partial charge is 0.371 e. The first-order valence-electron chi connectivity index (χ1n) is 8.48. The molecule has 21 heavy (non-hydrogen) atoms. The summed E-state index contributed by atoms with van der Waals surface area (Å²) in [6, 6.07) is 6.36. The van der Waals surface area contributed by atoms with Crippen molar-refractivity contribution in [1.82, 2.24) is 5.32 Å². The van der Waals surface area contributed by atoms with Crippen LogP contribution in [0.25, 0.3) is 0 Å². The maximum absolute atomic E-state index is 6.20. The molecule has 1 unspecified atom stereocenters. The average Bonchev–Trinajstić information content (AvgIpc) is 2.73. The van der Waals surface area contributed by atoms with Gasteiger partial charge in [-0.3, -0.25) is 0 Å². The molecule has 1 aromatic carbocycles. The fraction of sp³-hybridized carbons (Fsp3) is 0.667. The monoisotopic (exact) mass is 308 g/mol. The number of rotatable bonds is 6. The van der Waals surface area contributed by atoms with Crippen molar-refractivity contribution >= 4 is 17.3 Å². The fourth-order valence-corrected chi connectivity index (χ4v) is 3.41. The smallest absolute Gasteiger partial charge is 0.0412 e. The molecule has 0 bridgehead atoms. The predicted molar refractivity (Wildman–Crippen MR) is 93.3 cm³/mol. The second-order valence-corrected chi connectivity index (χ2v) is 6.58. The molecule has 1 saturated heterocycles. The molecule has 0 spiro atoms. The Kier molecular flexibility index (Phi) is 6.85. The van der Waals surface area contributed by atoms with Gasteiger partial charge >= 0.3 is 0 Å². The lowest BCUT2D eigenvalue weighted by Gasteiger charge is -2.26. The summed E-state index contributed by atoms with van der Waals surface area (Å²) in [5.74, 6) is 0.906. The van der Waals surface area contributed by atoms with Crippen LogP contribution in [0.1, 0.15) is 51.5 Å². The van der Waals surface area contributed by atoms with E-state index in [2.05, 4.69) is 36.2 Å². The second-order valence-electron chi connectivity index (χ2n) is 6.14. The zero-order valence-electron chi connectivity index (χ0n) is 13.5. The maximum Gasteiger partial charge on any atom is 0.0412 e. The first kappa shape index (κ1) is 16.6. The zero-order chi connectivity index (χ0) is 15.1. The Morgan fingerprint density at radius 2 is 2.10 bits per heavy atom. The third-order valence-electron chi connectivity index (χ3n) is 4.55. The molecule has 0 aliphatic carbocycles. The van der Waals surface area contributed by atoms with Crippen molar-refractivity contribution in [1.29, 1.82) is 0 Å². The molecule has 118 valence electrons. The molecule has 1 aliphatic heterocycles. The Balaban J connectivity index is 2.10. The van der Waals surface area contributed by atoms with Crippen molar-refractivity contribution < 1.29 is 0 Å². The van der Waals surface area contributed by atoms with Gasteiger partial charge in [-0.25, -0.2) is 0 Å².